The average molecular weight is 578 g/mol. The molecular formula is C28H24BrN3O6. The van der Waals surface area contributed by atoms with E-state index in [4.69, 9.17) is 9.47 Å². The Bertz CT molecular complexity index is 1470. The first-order chi connectivity index (χ1) is 18.2. The lowest BCUT2D eigenvalue weighted by Crippen LogP contribution is -2.54. The Morgan fingerprint density at radius 1 is 1.05 bits per heavy atom. The van der Waals surface area contributed by atoms with Crippen molar-refractivity contribution in [1.29, 1.82) is 0 Å². The van der Waals surface area contributed by atoms with Crippen LogP contribution in [0.1, 0.15) is 16.7 Å². The van der Waals surface area contributed by atoms with Gasteiger partial charge < -0.3 is 14.8 Å². The van der Waals surface area contributed by atoms with E-state index in [2.05, 4.69) is 26.6 Å². The van der Waals surface area contributed by atoms with Crippen LogP contribution in [0.3, 0.4) is 0 Å². The third-order valence-electron chi connectivity index (χ3n) is 5.91. The number of carbonyl (C=O) groups is 4. The largest absolute Gasteiger partial charge is 0.493 e. The number of imide groups is 2. The Morgan fingerprint density at radius 3 is 2.50 bits per heavy atom. The molecular weight excluding hydrogens is 554 g/mol. The zero-order valence-electron chi connectivity index (χ0n) is 20.8. The van der Waals surface area contributed by atoms with Gasteiger partial charge in [0.15, 0.2) is 18.1 Å². The Balaban J connectivity index is 1.55. The summed E-state index contributed by atoms with van der Waals surface area (Å²) in [5.41, 5.74) is 3.25. The van der Waals surface area contributed by atoms with Gasteiger partial charge in [0, 0.05) is 5.69 Å². The van der Waals surface area contributed by atoms with Crippen LogP contribution in [-0.2, 0) is 14.4 Å². The van der Waals surface area contributed by atoms with Gasteiger partial charge in [-0.1, -0.05) is 30.3 Å². The highest BCUT2D eigenvalue weighted by molar-refractivity contribution is 9.10. The average Bonchev–Trinajstić information content (AvgIpc) is 2.89. The minimum Gasteiger partial charge on any atom is -0.493 e. The Kier molecular flexibility index (Phi) is 7.92. The van der Waals surface area contributed by atoms with Crippen molar-refractivity contribution in [2.75, 3.05) is 23.9 Å². The third-order valence-corrected chi connectivity index (χ3v) is 6.49. The number of urea groups is 1. The van der Waals surface area contributed by atoms with Gasteiger partial charge >= 0.3 is 6.03 Å². The molecule has 9 nitrogen and oxygen atoms in total. The molecule has 0 aliphatic carbocycles. The highest BCUT2D eigenvalue weighted by Crippen LogP contribution is 2.37. The molecule has 3 aromatic rings. The molecule has 1 saturated heterocycles. The van der Waals surface area contributed by atoms with E-state index in [1.165, 1.54) is 13.2 Å². The molecule has 4 rings (SSSR count). The van der Waals surface area contributed by atoms with Crippen molar-refractivity contribution < 1.29 is 28.7 Å². The maximum Gasteiger partial charge on any atom is 0.335 e. The summed E-state index contributed by atoms with van der Waals surface area (Å²) in [6.07, 6.45) is 1.35. The first kappa shape index (κ1) is 26.6. The highest BCUT2D eigenvalue weighted by atomic mass is 79.9. The molecule has 1 heterocycles. The number of amides is 5. The van der Waals surface area contributed by atoms with Gasteiger partial charge in [-0.2, -0.15) is 0 Å². The molecule has 0 saturated carbocycles. The van der Waals surface area contributed by atoms with Crippen molar-refractivity contribution in [3.05, 3.63) is 87.4 Å². The standard InChI is InChI=1S/C28H24BrN3O6/c1-16-8-7-11-22(17(16)2)30-24(33)15-38-25-21(29)13-18(14-23(25)37-3)12-20-26(34)31-28(36)32(27(20)35)19-9-5-4-6-10-19/h4-14H,15H2,1-3H3,(H,30,33)(H,31,34,36)/b20-12-. The van der Waals surface area contributed by atoms with Gasteiger partial charge in [-0.3, -0.25) is 19.7 Å². The Morgan fingerprint density at radius 2 is 1.79 bits per heavy atom. The summed E-state index contributed by atoms with van der Waals surface area (Å²) in [6.45, 7) is 3.60. The molecule has 5 amide bonds. The van der Waals surface area contributed by atoms with Crippen LogP contribution in [0, 0.1) is 13.8 Å². The summed E-state index contributed by atoms with van der Waals surface area (Å²) in [4.78, 5) is 51.4. The second kappa shape index (κ2) is 11.3. The Labute approximate surface area is 227 Å². The van der Waals surface area contributed by atoms with E-state index in [0.29, 0.717) is 21.4 Å². The first-order valence-electron chi connectivity index (χ1n) is 11.5. The van der Waals surface area contributed by atoms with Crippen LogP contribution >= 0.6 is 15.9 Å². The minimum atomic E-state index is -0.829. The quantitative estimate of drug-likeness (QED) is 0.309. The predicted molar refractivity (Wildman–Crippen MR) is 146 cm³/mol. The number of hydrogen-bond acceptors (Lipinski definition) is 6. The molecule has 10 heteroatoms. The third kappa shape index (κ3) is 5.60. The number of para-hydroxylation sites is 1. The number of carbonyl (C=O) groups excluding carboxylic acids is 4. The number of rotatable bonds is 7. The molecule has 194 valence electrons. The second-order valence-electron chi connectivity index (χ2n) is 8.41. The van der Waals surface area contributed by atoms with E-state index in [-0.39, 0.29) is 29.6 Å². The lowest BCUT2D eigenvalue weighted by atomic mass is 10.1. The second-order valence-corrected chi connectivity index (χ2v) is 9.27. The number of benzene rings is 3. The number of barbiturate groups is 1. The molecule has 0 spiro atoms. The molecule has 0 aromatic heterocycles. The SMILES string of the molecule is COc1cc(/C=C2/C(=O)NC(=O)N(c3ccccc3)C2=O)cc(Br)c1OCC(=O)Nc1cccc(C)c1C. The molecule has 1 aliphatic heterocycles. The highest BCUT2D eigenvalue weighted by Gasteiger charge is 2.36. The van der Waals surface area contributed by atoms with E-state index < -0.39 is 17.8 Å². The molecule has 38 heavy (non-hydrogen) atoms. The predicted octanol–water partition coefficient (Wildman–Crippen LogP) is 4.76. The maximum absolute atomic E-state index is 13.1. The number of aryl methyl sites for hydroxylation is 1. The number of hydrogen-bond donors (Lipinski definition) is 2. The number of anilines is 2. The van der Waals surface area contributed by atoms with E-state index in [0.717, 1.165) is 16.0 Å². The molecule has 0 unspecified atom stereocenters. The van der Waals surface area contributed by atoms with Crippen molar-refractivity contribution in [1.82, 2.24) is 5.32 Å². The summed E-state index contributed by atoms with van der Waals surface area (Å²) in [5, 5.41) is 5.02. The van der Waals surface area contributed by atoms with E-state index in [1.54, 1.807) is 42.5 Å². The summed E-state index contributed by atoms with van der Waals surface area (Å²) in [7, 11) is 1.43. The van der Waals surface area contributed by atoms with Crippen molar-refractivity contribution in [3.63, 3.8) is 0 Å². The summed E-state index contributed by atoms with van der Waals surface area (Å²) in [6, 6.07) is 16.3. The number of ether oxygens (including phenoxy) is 2. The molecule has 1 aliphatic rings. The minimum absolute atomic E-state index is 0.232. The van der Waals surface area contributed by atoms with E-state index in [9.17, 15) is 19.2 Å². The number of nitrogens with one attached hydrogen (secondary N) is 2. The zero-order chi connectivity index (χ0) is 27.4. The topological polar surface area (TPSA) is 114 Å². The van der Waals surface area contributed by atoms with E-state index >= 15 is 0 Å². The van der Waals surface area contributed by atoms with Gasteiger partial charge in [-0.15, -0.1) is 0 Å². The molecule has 3 aromatic carbocycles. The van der Waals surface area contributed by atoms with Crippen LogP contribution < -0.4 is 25.0 Å². The van der Waals surface area contributed by atoms with Crippen LogP contribution in [0.15, 0.2) is 70.7 Å². The van der Waals surface area contributed by atoms with Gasteiger partial charge in [-0.05, 0) is 82.9 Å². The van der Waals surface area contributed by atoms with Crippen LogP contribution in [0.5, 0.6) is 11.5 Å². The van der Waals surface area contributed by atoms with Crippen LogP contribution in [0.2, 0.25) is 0 Å². The molecule has 0 atom stereocenters. The first-order valence-corrected chi connectivity index (χ1v) is 12.3. The Hall–Kier alpha value is -4.44. The van der Waals surface area contributed by atoms with Gasteiger partial charge in [-0.25, -0.2) is 9.69 Å². The summed E-state index contributed by atoms with van der Waals surface area (Å²) in [5.74, 6) is -1.39. The van der Waals surface area contributed by atoms with Crippen molar-refractivity contribution in [2.24, 2.45) is 0 Å². The van der Waals surface area contributed by atoms with Crippen molar-refractivity contribution >= 4 is 57.1 Å². The van der Waals surface area contributed by atoms with Crippen LogP contribution in [-0.4, -0.2) is 37.5 Å². The zero-order valence-corrected chi connectivity index (χ0v) is 22.4. The normalized spacial score (nSPS) is 14.4. The monoisotopic (exact) mass is 577 g/mol. The lowest BCUT2D eigenvalue weighted by molar-refractivity contribution is -0.122. The molecule has 2 N–H and O–H groups in total. The molecule has 0 bridgehead atoms. The molecule has 1 fully saturated rings. The number of methoxy groups -OCH3 is 1. The fourth-order valence-electron chi connectivity index (χ4n) is 3.81. The van der Waals surface area contributed by atoms with Crippen LogP contribution in [0.4, 0.5) is 16.2 Å². The number of halogens is 1. The van der Waals surface area contributed by atoms with Gasteiger partial charge in [0.1, 0.15) is 5.57 Å². The molecule has 0 radical (unpaired) electrons. The fraction of sp³-hybridized carbons (Fsp3) is 0.143. The summed E-state index contributed by atoms with van der Waals surface area (Å²) < 4.78 is 11.6. The van der Waals surface area contributed by atoms with Gasteiger partial charge in [0.25, 0.3) is 17.7 Å². The van der Waals surface area contributed by atoms with E-state index in [1.807, 2.05) is 32.0 Å². The van der Waals surface area contributed by atoms with Crippen molar-refractivity contribution in [2.45, 2.75) is 13.8 Å². The summed E-state index contributed by atoms with van der Waals surface area (Å²) >= 11 is 3.41. The lowest BCUT2D eigenvalue weighted by Gasteiger charge is -2.26. The fourth-order valence-corrected chi connectivity index (χ4v) is 4.38. The maximum atomic E-state index is 13.1. The number of nitrogens with zero attached hydrogens (tertiary/aromatic N) is 1. The smallest absolute Gasteiger partial charge is 0.335 e. The van der Waals surface area contributed by atoms with Crippen LogP contribution in [0.25, 0.3) is 6.08 Å². The van der Waals surface area contributed by atoms with Gasteiger partial charge in [0.05, 0.1) is 17.3 Å². The van der Waals surface area contributed by atoms with Gasteiger partial charge in [0.2, 0.25) is 0 Å². The van der Waals surface area contributed by atoms with Crippen molar-refractivity contribution in [3.8, 4) is 11.5 Å².